The third-order valence-corrected chi connectivity index (χ3v) is 5.79. The van der Waals surface area contributed by atoms with Gasteiger partial charge in [0.15, 0.2) is 11.6 Å². The number of hydrogen-bond acceptors (Lipinski definition) is 5. The second-order valence-electron chi connectivity index (χ2n) is 7.72. The van der Waals surface area contributed by atoms with E-state index in [-0.39, 0.29) is 17.7 Å². The molecule has 1 amide bonds. The maximum absolute atomic E-state index is 13.9. The number of benzene rings is 1. The molecular formula is C23H21ClF2N4O2. The zero-order valence-electron chi connectivity index (χ0n) is 17.3. The Bertz CT molecular complexity index is 1100. The van der Waals surface area contributed by atoms with Crippen LogP contribution in [0, 0.1) is 24.5 Å². The van der Waals surface area contributed by atoms with E-state index in [1.165, 1.54) is 24.7 Å². The van der Waals surface area contributed by atoms with E-state index in [1.54, 1.807) is 30.0 Å². The van der Waals surface area contributed by atoms with Crippen molar-refractivity contribution in [2.45, 2.75) is 19.3 Å². The molecule has 0 saturated carbocycles. The first-order valence-corrected chi connectivity index (χ1v) is 10.6. The Morgan fingerprint density at radius 3 is 2.56 bits per heavy atom. The van der Waals surface area contributed by atoms with Crippen LogP contribution >= 0.6 is 11.6 Å². The number of rotatable bonds is 6. The molecule has 3 heterocycles. The molecule has 1 aliphatic rings. The van der Waals surface area contributed by atoms with Crippen LogP contribution in [0.3, 0.4) is 0 Å². The molecule has 166 valence electrons. The van der Waals surface area contributed by atoms with Crippen molar-refractivity contribution in [3.05, 3.63) is 82.5 Å². The van der Waals surface area contributed by atoms with Crippen molar-refractivity contribution in [3.8, 4) is 5.88 Å². The summed E-state index contributed by atoms with van der Waals surface area (Å²) in [7, 11) is 0. The standard InChI is InChI=1S/C23H21ClF2N4O2/c1-14-27-9-17(10-28-14)23(31)30-12-16(6-7-32-22-5-3-18(24)11-29-22)19(13-30)15-2-4-20(25)21(26)8-15/h2-5,8-11,16,19H,6-7,12-13H2,1H3/t16-,19+/m0/s1. The average molecular weight is 459 g/mol. The molecule has 0 N–H and O–H groups in total. The molecule has 0 unspecified atom stereocenters. The Morgan fingerprint density at radius 1 is 1.09 bits per heavy atom. The number of likely N-dealkylation sites (tertiary alicyclic amines) is 1. The molecular weight excluding hydrogens is 438 g/mol. The fourth-order valence-corrected chi connectivity index (χ4v) is 4.01. The zero-order chi connectivity index (χ0) is 22.7. The average Bonchev–Trinajstić information content (AvgIpc) is 3.21. The number of carbonyl (C=O) groups is 1. The maximum Gasteiger partial charge on any atom is 0.257 e. The number of carbonyl (C=O) groups excluding carboxylic acids is 1. The van der Waals surface area contributed by atoms with Gasteiger partial charge in [-0.3, -0.25) is 4.79 Å². The molecule has 1 aliphatic heterocycles. The van der Waals surface area contributed by atoms with Crippen LogP contribution in [0.2, 0.25) is 5.02 Å². The van der Waals surface area contributed by atoms with Crippen LogP contribution in [0.5, 0.6) is 5.88 Å². The molecule has 0 aliphatic carbocycles. The second kappa shape index (κ2) is 9.56. The van der Waals surface area contributed by atoms with E-state index in [0.717, 1.165) is 6.07 Å². The quantitative estimate of drug-likeness (QED) is 0.546. The predicted octanol–water partition coefficient (Wildman–Crippen LogP) is 4.44. The van der Waals surface area contributed by atoms with Gasteiger partial charge in [-0.2, -0.15) is 0 Å². The van der Waals surface area contributed by atoms with Gasteiger partial charge < -0.3 is 9.64 Å². The van der Waals surface area contributed by atoms with E-state index < -0.39 is 11.6 Å². The minimum Gasteiger partial charge on any atom is -0.478 e. The first-order chi connectivity index (χ1) is 15.4. The third kappa shape index (κ3) is 5.02. The summed E-state index contributed by atoms with van der Waals surface area (Å²) in [5, 5.41) is 0.515. The predicted molar refractivity (Wildman–Crippen MR) is 115 cm³/mol. The molecule has 3 aromatic rings. The van der Waals surface area contributed by atoms with E-state index in [1.807, 2.05) is 0 Å². The number of nitrogens with zero attached hydrogens (tertiary/aromatic N) is 4. The van der Waals surface area contributed by atoms with E-state index >= 15 is 0 Å². The van der Waals surface area contributed by atoms with E-state index in [0.29, 0.717) is 54.0 Å². The van der Waals surface area contributed by atoms with Gasteiger partial charge in [0, 0.05) is 43.7 Å². The molecule has 1 aromatic carbocycles. The van der Waals surface area contributed by atoms with Gasteiger partial charge >= 0.3 is 0 Å². The van der Waals surface area contributed by atoms with E-state index in [9.17, 15) is 13.6 Å². The molecule has 1 saturated heterocycles. The van der Waals surface area contributed by atoms with Crippen LogP contribution in [0.25, 0.3) is 0 Å². The zero-order valence-corrected chi connectivity index (χ0v) is 18.1. The van der Waals surface area contributed by atoms with Crippen LogP contribution in [-0.4, -0.2) is 45.5 Å². The van der Waals surface area contributed by atoms with Crippen LogP contribution in [-0.2, 0) is 0 Å². The Labute approximate surface area is 189 Å². The van der Waals surface area contributed by atoms with Crippen molar-refractivity contribution in [1.29, 1.82) is 0 Å². The molecule has 0 spiro atoms. The summed E-state index contributed by atoms with van der Waals surface area (Å²) in [6.45, 7) is 2.93. The number of amides is 1. The lowest BCUT2D eigenvalue weighted by molar-refractivity contribution is 0.0783. The van der Waals surface area contributed by atoms with Crippen LogP contribution in [0.1, 0.15) is 34.1 Å². The minimum atomic E-state index is -0.903. The molecule has 4 rings (SSSR count). The van der Waals surface area contributed by atoms with Crippen molar-refractivity contribution in [2.24, 2.45) is 5.92 Å². The molecule has 32 heavy (non-hydrogen) atoms. The Balaban J connectivity index is 1.50. The lowest BCUT2D eigenvalue weighted by Crippen LogP contribution is -2.29. The number of aryl methyl sites for hydroxylation is 1. The first-order valence-electron chi connectivity index (χ1n) is 10.2. The van der Waals surface area contributed by atoms with Gasteiger partial charge in [0.05, 0.1) is 17.2 Å². The lowest BCUT2D eigenvalue weighted by Gasteiger charge is -2.18. The summed E-state index contributed by atoms with van der Waals surface area (Å²) in [6, 6.07) is 7.26. The highest BCUT2D eigenvalue weighted by molar-refractivity contribution is 6.30. The highest BCUT2D eigenvalue weighted by atomic mass is 35.5. The fourth-order valence-electron chi connectivity index (χ4n) is 3.90. The van der Waals surface area contributed by atoms with E-state index in [4.69, 9.17) is 16.3 Å². The van der Waals surface area contributed by atoms with Gasteiger partial charge in [-0.05, 0) is 43.0 Å². The molecule has 0 radical (unpaired) electrons. The number of ether oxygens (including phenoxy) is 1. The van der Waals surface area contributed by atoms with Crippen molar-refractivity contribution in [1.82, 2.24) is 19.9 Å². The summed E-state index contributed by atoms with van der Waals surface area (Å²) in [6.07, 6.45) is 5.10. The second-order valence-corrected chi connectivity index (χ2v) is 8.16. The summed E-state index contributed by atoms with van der Waals surface area (Å²) in [5.41, 5.74) is 1.04. The smallest absolute Gasteiger partial charge is 0.257 e. The lowest BCUT2D eigenvalue weighted by atomic mass is 9.87. The van der Waals surface area contributed by atoms with Crippen LogP contribution in [0.4, 0.5) is 8.78 Å². The summed E-state index contributed by atoms with van der Waals surface area (Å²) in [4.78, 5) is 27.0. The molecule has 1 fully saturated rings. The summed E-state index contributed by atoms with van der Waals surface area (Å²) in [5.74, 6) is -1.15. The van der Waals surface area contributed by atoms with Gasteiger partial charge in [-0.25, -0.2) is 23.7 Å². The Morgan fingerprint density at radius 2 is 1.88 bits per heavy atom. The highest BCUT2D eigenvalue weighted by Gasteiger charge is 2.36. The monoisotopic (exact) mass is 458 g/mol. The van der Waals surface area contributed by atoms with Gasteiger partial charge in [0.2, 0.25) is 5.88 Å². The minimum absolute atomic E-state index is 0.0116. The van der Waals surface area contributed by atoms with Gasteiger partial charge in [-0.15, -0.1) is 0 Å². The Kier molecular flexibility index (Phi) is 6.60. The van der Waals surface area contributed by atoms with Gasteiger partial charge in [0.25, 0.3) is 5.91 Å². The normalized spacial score (nSPS) is 18.1. The molecule has 2 aromatic heterocycles. The number of pyridine rings is 1. The highest BCUT2D eigenvalue weighted by Crippen LogP contribution is 2.36. The van der Waals surface area contributed by atoms with Crippen LogP contribution in [0.15, 0.2) is 48.9 Å². The largest absolute Gasteiger partial charge is 0.478 e. The maximum atomic E-state index is 13.9. The van der Waals surface area contributed by atoms with Crippen molar-refractivity contribution in [3.63, 3.8) is 0 Å². The first kappa shape index (κ1) is 22.1. The fraction of sp³-hybridized carbons (Fsp3) is 0.304. The molecule has 0 bridgehead atoms. The topological polar surface area (TPSA) is 68.2 Å². The van der Waals surface area contributed by atoms with Gasteiger partial charge in [-0.1, -0.05) is 17.7 Å². The van der Waals surface area contributed by atoms with Crippen molar-refractivity contribution in [2.75, 3.05) is 19.7 Å². The van der Waals surface area contributed by atoms with Crippen molar-refractivity contribution >= 4 is 17.5 Å². The Hall–Kier alpha value is -3.13. The summed E-state index contributed by atoms with van der Waals surface area (Å²) >= 11 is 5.84. The van der Waals surface area contributed by atoms with Crippen molar-refractivity contribution < 1.29 is 18.3 Å². The number of halogens is 3. The third-order valence-electron chi connectivity index (χ3n) is 5.57. The molecule has 6 nitrogen and oxygen atoms in total. The van der Waals surface area contributed by atoms with E-state index in [2.05, 4.69) is 15.0 Å². The van der Waals surface area contributed by atoms with Gasteiger partial charge in [0.1, 0.15) is 5.82 Å². The summed E-state index contributed by atoms with van der Waals surface area (Å²) < 4.78 is 33.1. The van der Waals surface area contributed by atoms with Crippen LogP contribution < -0.4 is 4.74 Å². The number of hydrogen-bond donors (Lipinski definition) is 0. The SMILES string of the molecule is Cc1ncc(C(=O)N2C[C@H](CCOc3ccc(Cl)cn3)[C@@H](c3ccc(F)c(F)c3)C2)cn1. The molecule has 2 atom stereocenters. The molecule has 9 heteroatoms. The number of aromatic nitrogens is 3.